The number of nitrogens with zero attached hydrogens (tertiary/aromatic N) is 2. The van der Waals surface area contributed by atoms with Gasteiger partial charge in [-0.25, -0.2) is 9.59 Å². The average Bonchev–Trinajstić information content (AvgIpc) is 2.38. The summed E-state index contributed by atoms with van der Waals surface area (Å²) in [6, 6.07) is 3.37. The summed E-state index contributed by atoms with van der Waals surface area (Å²) < 4.78 is 0. The third kappa shape index (κ3) is 2.94. The molecular weight excluding hydrogens is 284 g/mol. The highest BCUT2D eigenvalue weighted by Crippen LogP contribution is 2.25. The maximum absolute atomic E-state index is 11.4. The number of phenols is 1. The van der Waals surface area contributed by atoms with Crippen LogP contribution in [-0.4, -0.2) is 31.3 Å². The van der Waals surface area contributed by atoms with Crippen molar-refractivity contribution in [2.75, 3.05) is 0 Å². The molecule has 108 valence electrons. The number of aromatic amines is 2. The number of aromatic hydroxyl groups is 2. The minimum absolute atomic E-state index is 0.0233. The Kier molecular flexibility index (Phi) is 3.52. The maximum Gasteiger partial charge on any atom is 0.339 e. The summed E-state index contributed by atoms with van der Waals surface area (Å²) in [5.41, 5.74) is -2.78. The molecule has 0 amide bonds. The first-order valence-electron chi connectivity index (χ1n) is 5.42. The average molecular weight is 292 g/mol. The lowest BCUT2D eigenvalue weighted by molar-refractivity contribution is 0.0694. The molecule has 0 aliphatic heterocycles. The standard InChI is InChI=1S/C11H8N4O6/c16-6-2-1-4(3-5(6)10(19)20)14-15-7-8(17)12-11(21)13-9(7)18/h1-3,16H,(H,19,20)(H3,12,13,17,18,21). The molecule has 0 radical (unpaired) electrons. The number of carboxylic acid groups (broad SMARTS) is 1. The highest BCUT2D eigenvalue weighted by Gasteiger charge is 2.11. The fourth-order valence-corrected chi connectivity index (χ4v) is 1.43. The van der Waals surface area contributed by atoms with E-state index in [1.807, 2.05) is 9.97 Å². The first-order chi connectivity index (χ1) is 9.88. The van der Waals surface area contributed by atoms with E-state index in [1.165, 1.54) is 6.07 Å². The molecule has 2 rings (SSSR count). The molecule has 0 aliphatic rings. The molecule has 0 unspecified atom stereocenters. The molecule has 0 bridgehead atoms. The first-order valence-corrected chi connectivity index (χ1v) is 5.42. The second-order valence-corrected chi connectivity index (χ2v) is 3.81. The molecule has 1 aromatic heterocycles. The Balaban J connectivity index is 2.43. The predicted octanol–water partition coefficient (Wildman–Crippen LogP) is 0.588. The van der Waals surface area contributed by atoms with Crippen molar-refractivity contribution in [1.82, 2.24) is 9.97 Å². The van der Waals surface area contributed by atoms with E-state index in [9.17, 15) is 24.6 Å². The van der Waals surface area contributed by atoms with Gasteiger partial charge in [0, 0.05) is 0 Å². The van der Waals surface area contributed by atoms with Crippen LogP contribution in [0.3, 0.4) is 0 Å². The molecule has 0 spiro atoms. The topological polar surface area (TPSA) is 168 Å². The van der Waals surface area contributed by atoms with Gasteiger partial charge in [0.25, 0.3) is 5.56 Å². The zero-order valence-corrected chi connectivity index (χ0v) is 10.2. The van der Waals surface area contributed by atoms with E-state index in [0.29, 0.717) is 0 Å². The number of hydrogen-bond donors (Lipinski definition) is 5. The van der Waals surface area contributed by atoms with Crippen LogP contribution in [0, 0.1) is 0 Å². The van der Waals surface area contributed by atoms with Crippen LogP contribution in [0.5, 0.6) is 11.6 Å². The summed E-state index contributed by atoms with van der Waals surface area (Å²) in [7, 11) is 0. The van der Waals surface area contributed by atoms with Crippen molar-refractivity contribution in [1.29, 1.82) is 0 Å². The number of hydrogen-bond acceptors (Lipinski definition) is 7. The predicted molar refractivity (Wildman–Crippen MR) is 68.6 cm³/mol. The second-order valence-electron chi connectivity index (χ2n) is 3.81. The summed E-state index contributed by atoms with van der Waals surface area (Å²) in [6.45, 7) is 0. The summed E-state index contributed by atoms with van der Waals surface area (Å²) in [5.74, 6) is -2.59. The van der Waals surface area contributed by atoms with Crippen LogP contribution < -0.4 is 11.2 Å². The van der Waals surface area contributed by atoms with E-state index >= 15 is 0 Å². The molecule has 5 N–H and O–H groups in total. The molecule has 21 heavy (non-hydrogen) atoms. The van der Waals surface area contributed by atoms with Crippen LogP contribution in [0.2, 0.25) is 0 Å². The van der Waals surface area contributed by atoms with Crippen molar-refractivity contribution >= 4 is 17.3 Å². The summed E-state index contributed by atoms with van der Waals surface area (Å²) in [4.78, 5) is 36.8. The number of aromatic carboxylic acids is 1. The van der Waals surface area contributed by atoms with Crippen molar-refractivity contribution in [3.63, 3.8) is 0 Å². The van der Waals surface area contributed by atoms with E-state index in [0.717, 1.165) is 12.1 Å². The fourth-order valence-electron chi connectivity index (χ4n) is 1.43. The quantitative estimate of drug-likeness (QED) is 0.518. The van der Waals surface area contributed by atoms with Gasteiger partial charge >= 0.3 is 11.7 Å². The largest absolute Gasteiger partial charge is 0.507 e. The van der Waals surface area contributed by atoms with Crippen LogP contribution >= 0.6 is 0 Å². The summed E-state index contributed by atoms with van der Waals surface area (Å²) >= 11 is 0. The van der Waals surface area contributed by atoms with Crippen LogP contribution in [0.4, 0.5) is 11.4 Å². The van der Waals surface area contributed by atoms with Crippen molar-refractivity contribution in [2.24, 2.45) is 10.2 Å². The van der Waals surface area contributed by atoms with Gasteiger partial charge in [0.15, 0.2) is 0 Å². The van der Waals surface area contributed by atoms with Crippen molar-refractivity contribution in [2.45, 2.75) is 0 Å². The van der Waals surface area contributed by atoms with Gasteiger partial charge in [-0.15, -0.1) is 5.11 Å². The van der Waals surface area contributed by atoms with E-state index in [1.54, 1.807) is 0 Å². The first kappa shape index (κ1) is 14.0. The third-order valence-corrected chi connectivity index (χ3v) is 2.37. The van der Waals surface area contributed by atoms with Gasteiger partial charge in [-0.05, 0) is 18.2 Å². The van der Waals surface area contributed by atoms with Crippen LogP contribution in [0.1, 0.15) is 10.4 Å². The van der Waals surface area contributed by atoms with Crippen LogP contribution in [0.25, 0.3) is 0 Å². The Bertz CT molecular complexity index is 851. The Morgan fingerprint density at radius 1 is 1.10 bits per heavy atom. The number of azo groups is 1. The monoisotopic (exact) mass is 292 g/mol. The van der Waals surface area contributed by atoms with Gasteiger partial charge in [0.2, 0.25) is 11.6 Å². The number of carbonyl (C=O) groups is 1. The van der Waals surface area contributed by atoms with Crippen LogP contribution in [-0.2, 0) is 0 Å². The maximum atomic E-state index is 11.4. The Labute approximate surface area is 115 Å². The molecule has 0 saturated carbocycles. The molecular formula is C11H8N4O6. The second kappa shape index (κ2) is 5.28. The number of H-pyrrole nitrogens is 2. The molecule has 10 heteroatoms. The lowest BCUT2D eigenvalue weighted by atomic mass is 10.2. The molecule has 10 nitrogen and oxygen atoms in total. The summed E-state index contributed by atoms with van der Waals surface area (Å²) in [5, 5.41) is 34.5. The van der Waals surface area contributed by atoms with Crippen molar-refractivity contribution in [3.05, 3.63) is 44.6 Å². The zero-order valence-electron chi connectivity index (χ0n) is 10.2. The van der Waals surface area contributed by atoms with E-state index in [-0.39, 0.29) is 5.69 Å². The number of benzene rings is 1. The molecule has 1 aromatic carbocycles. The van der Waals surface area contributed by atoms with Crippen molar-refractivity contribution < 1.29 is 20.1 Å². The summed E-state index contributed by atoms with van der Waals surface area (Å²) in [6.07, 6.45) is 0. The minimum Gasteiger partial charge on any atom is -0.507 e. The molecule has 0 saturated heterocycles. The molecule has 0 fully saturated rings. The Hall–Kier alpha value is -3.43. The molecule has 2 aromatic rings. The highest BCUT2D eigenvalue weighted by atomic mass is 16.4. The normalized spacial score (nSPS) is 10.9. The zero-order chi connectivity index (χ0) is 15.6. The number of carboxylic acids is 1. The van der Waals surface area contributed by atoms with Gasteiger partial charge in [0.1, 0.15) is 11.3 Å². The molecule has 1 heterocycles. The minimum atomic E-state index is -1.37. The van der Waals surface area contributed by atoms with E-state index in [2.05, 4.69) is 10.2 Å². The highest BCUT2D eigenvalue weighted by molar-refractivity contribution is 5.91. The smallest absolute Gasteiger partial charge is 0.339 e. The number of aromatic nitrogens is 2. The Morgan fingerprint density at radius 3 is 2.43 bits per heavy atom. The fraction of sp³-hybridized carbons (Fsp3) is 0. The van der Waals surface area contributed by atoms with Gasteiger partial charge < -0.3 is 15.3 Å². The lowest BCUT2D eigenvalue weighted by Crippen LogP contribution is -2.20. The number of nitrogens with one attached hydrogen (secondary N) is 2. The molecule has 0 aliphatic carbocycles. The van der Waals surface area contributed by atoms with Crippen molar-refractivity contribution in [3.8, 4) is 11.6 Å². The van der Waals surface area contributed by atoms with Gasteiger partial charge in [-0.3, -0.25) is 14.8 Å². The van der Waals surface area contributed by atoms with Crippen LogP contribution in [0.15, 0.2) is 38.0 Å². The Morgan fingerprint density at radius 2 is 1.81 bits per heavy atom. The SMILES string of the molecule is O=C(O)c1cc(N=Nc2c(O)[nH]c(=O)[nH]c2=O)ccc1O. The van der Waals surface area contributed by atoms with Gasteiger partial charge in [-0.1, -0.05) is 0 Å². The number of rotatable bonds is 3. The third-order valence-electron chi connectivity index (χ3n) is 2.37. The van der Waals surface area contributed by atoms with Gasteiger partial charge in [-0.2, -0.15) is 5.11 Å². The van der Waals surface area contributed by atoms with E-state index < -0.39 is 40.1 Å². The van der Waals surface area contributed by atoms with E-state index in [4.69, 9.17) is 5.11 Å². The molecule has 0 atom stereocenters. The van der Waals surface area contributed by atoms with Gasteiger partial charge in [0.05, 0.1) is 5.69 Å². The lowest BCUT2D eigenvalue weighted by Gasteiger charge is -2.00.